The number of hydrogen-bond acceptors (Lipinski definition) is 4. The van der Waals surface area contributed by atoms with Gasteiger partial charge in [-0.25, -0.2) is 4.99 Å². The van der Waals surface area contributed by atoms with Crippen molar-refractivity contribution < 1.29 is 5.11 Å². The molecule has 2 fully saturated rings. The van der Waals surface area contributed by atoms with E-state index in [0.717, 1.165) is 50.7 Å². The number of β-amino-alcohol motifs (C(OH)–C–C–N with tert-alkyl or cyclic N) is 1. The SMILES string of the molecule is I.NC(=NCc1ccccc1CN1CCC(O)C1)N1CCSCC1. The highest BCUT2D eigenvalue weighted by molar-refractivity contribution is 14.0. The fraction of sp³-hybridized carbons (Fsp3) is 0.588. The number of aliphatic hydroxyl groups excluding tert-OH is 1. The van der Waals surface area contributed by atoms with Crippen molar-refractivity contribution in [1.82, 2.24) is 9.80 Å². The Morgan fingerprint density at radius 2 is 1.92 bits per heavy atom. The van der Waals surface area contributed by atoms with Crippen molar-refractivity contribution in [3.63, 3.8) is 0 Å². The summed E-state index contributed by atoms with van der Waals surface area (Å²) in [6, 6.07) is 8.41. The molecule has 0 saturated carbocycles. The second-order valence-electron chi connectivity index (χ2n) is 6.22. The highest BCUT2D eigenvalue weighted by atomic mass is 127. The van der Waals surface area contributed by atoms with Crippen LogP contribution in [0.1, 0.15) is 17.5 Å². The summed E-state index contributed by atoms with van der Waals surface area (Å²) < 4.78 is 0. The summed E-state index contributed by atoms with van der Waals surface area (Å²) in [7, 11) is 0. The predicted molar refractivity (Wildman–Crippen MR) is 112 cm³/mol. The number of nitrogens with zero attached hydrogens (tertiary/aromatic N) is 3. The number of nitrogens with two attached hydrogens (primary N) is 1. The Labute approximate surface area is 165 Å². The molecule has 5 nitrogen and oxygen atoms in total. The molecule has 0 radical (unpaired) electrons. The molecule has 0 bridgehead atoms. The summed E-state index contributed by atoms with van der Waals surface area (Å²) in [4.78, 5) is 9.09. The second kappa shape index (κ2) is 9.84. The number of aliphatic hydroxyl groups is 1. The standard InChI is InChI=1S/C17H26N4OS.HI/c18-17(21-7-9-23-10-8-21)19-11-14-3-1-2-4-15(14)12-20-6-5-16(22)13-20;/h1-4,16,22H,5-13H2,(H2,18,19);1H. The van der Waals surface area contributed by atoms with Gasteiger partial charge in [0.15, 0.2) is 5.96 Å². The van der Waals surface area contributed by atoms with E-state index in [1.54, 1.807) is 0 Å². The third-order valence-electron chi connectivity index (χ3n) is 4.51. The van der Waals surface area contributed by atoms with E-state index in [9.17, 15) is 5.11 Å². The molecule has 24 heavy (non-hydrogen) atoms. The molecule has 1 aromatic rings. The predicted octanol–water partition coefficient (Wildman–Crippen LogP) is 1.73. The average Bonchev–Trinajstić information content (AvgIpc) is 2.99. The van der Waals surface area contributed by atoms with Crippen LogP contribution < -0.4 is 5.73 Å². The summed E-state index contributed by atoms with van der Waals surface area (Å²) >= 11 is 1.97. The molecular formula is C17H27IN4OS. The topological polar surface area (TPSA) is 65.1 Å². The Morgan fingerprint density at radius 3 is 2.58 bits per heavy atom. The van der Waals surface area contributed by atoms with Gasteiger partial charge in [0.1, 0.15) is 0 Å². The van der Waals surface area contributed by atoms with Crippen molar-refractivity contribution in [2.45, 2.75) is 25.6 Å². The monoisotopic (exact) mass is 462 g/mol. The smallest absolute Gasteiger partial charge is 0.191 e. The van der Waals surface area contributed by atoms with Gasteiger partial charge < -0.3 is 15.7 Å². The van der Waals surface area contributed by atoms with Crippen molar-refractivity contribution in [2.24, 2.45) is 10.7 Å². The molecule has 2 aliphatic heterocycles. The van der Waals surface area contributed by atoms with Crippen molar-refractivity contribution in [2.75, 3.05) is 37.7 Å². The summed E-state index contributed by atoms with van der Waals surface area (Å²) in [5.41, 5.74) is 8.66. The van der Waals surface area contributed by atoms with Gasteiger partial charge in [0, 0.05) is 44.2 Å². The molecule has 3 rings (SSSR count). The molecule has 1 atom stereocenters. The maximum absolute atomic E-state index is 9.68. The number of thioether (sulfide) groups is 1. The van der Waals surface area contributed by atoms with Gasteiger partial charge in [0.2, 0.25) is 0 Å². The van der Waals surface area contributed by atoms with Crippen LogP contribution in [0.3, 0.4) is 0 Å². The van der Waals surface area contributed by atoms with Gasteiger partial charge in [0.25, 0.3) is 0 Å². The number of likely N-dealkylation sites (tertiary alicyclic amines) is 1. The zero-order chi connectivity index (χ0) is 16.1. The maximum Gasteiger partial charge on any atom is 0.191 e. The highest BCUT2D eigenvalue weighted by Gasteiger charge is 2.20. The molecule has 0 amide bonds. The number of halogens is 1. The van der Waals surface area contributed by atoms with E-state index in [2.05, 4.69) is 39.1 Å². The highest BCUT2D eigenvalue weighted by Crippen LogP contribution is 2.17. The summed E-state index contributed by atoms with van der Waals surface area (Å²) in [6.07, 6.45) is 0.702. The van der Waals surface area contributed by atoms with Crippen LogP contribution >= 0.6 is 35.7 Å². The molecule has 1 aromatic carbocycles. The van der Waals surface area contributed by atoms with Crippen molar-refractivity contribution in [1.29, 1.82) is 0 Å². The van der Waals surface area contributed by atoms with Crippen molar-refractivity contribution in [3.05, 3.63) is 35.4 Å². The number of benzene rings is 1. The molecule has 3 N–H and O–H groups in total. The fourth-order valence-electron chi connectivity index (χ4n) is 3.12. The largest absolute Gasteiger partial charge is 0.392 e. The first-order chi connectivity index (χ1) is 11.2. The second-order valence-corrected chi connectivity index (χ2v) is 7.44. The molecule has 2 saturated heterocycles. The van der Waals surface area contributed by atoms with Crippen LogP contribution in [0.25, 0.3) is 0 Å². The van der Waals surface area contributed by atoms with Crippen molar-refractivity contribution in [3.8, 4) is 0 Å². The number of hydrogen-bond donors (Lipinski definition) is 2. The third-order valence-corrected chi connectivity index (χ3v) is 5.45. The maximum atomic E-state index is 9.68. The summed E-state index contributed by atoms with van der Waals surface area (Å²) in [5.74, 6) is 2.92. The minimum absolute atomic E-state index is 0. The first kappa shape index (κ1) is 19.8. The quantitative estimate of drug-likeness (QED) is 0.406. The first-order valence-electron chi connectivity index (χ1n) is 8.32. The van der Waals surface area contributed by atoms with Crippen LogP contribution in [0.5, 0.6) is 0 Å². The Bertz CT molecular complexity index is 551. The Balaban J connectivity index is 0.00000208. The van der Waals surface area contributed by atoms with Gasteiger partial charge in [-0.3, -0.25) is 4.90 Å². The zero-order valence-electron chi connectivity index (χ0n) is 13.9. The van der Waals surface area contributed by atoms with Gasteiger partial charge in [-0.15, -0.1) is 24.0 Å². The molecule has 2 heterocycles. The van der Waals surface area contributed by atoms with E-state index in [0.29, 0.717) is 12.5 Å². The van der Waals surface area contributed by atoms with E-state index in [1.165, 1.54) is 11.1 Å². The zero-order valence-corrected chi connectivity index (χ0v) is 17.1. The van der Waals surface area contributed by atoms with E-state index in [4.69, 9.17) is 5.73 Å². The van der Waals surface area contributed by atoms with Crippen LogP contribution in [-0.4, -0.2) is 64.7 Å². The van der Waals surface area contributed by atoms with Crippen molar-refractivity contribution >= 4 is 41.7 Å². The van der Waals surface area contributed by atoms with Gasteiger partial charge in [0.05, 0.1) is 12.6 Å². The van der Waals surface area contributed by atoms with Crippen LogP contribution in [0.4, 0.5) is 0 Å². The third kappa shape index (κ3) is 5.50. The lowest BCUT2D eigenvalue weighted by Crippen LogP contribution is -2.42. The van der Waals surface area contributed by atoms with Crippen LogP contribution in [0, 0.1) is 0 Å². The lowest BCUT2D eigenvalue weighted by molar-refractivity contribution is 0.174. The summed E-state index contributed by atoms with van der Waals surface area (Å²) in [5, 5.41) is 9.68. The molecule has 0 aliphatic carbocycles. The minimum Gasteiger partial charge on any atom is -0.392 e. The van der Waals surface area contributed by atoms with Gasteiger partial charge in [-0.05, 0) is 17.5 Å². The normalized spacial score (nSPS) is 22.5. The van der Waals surface area contributed by atoms with Crippen LogP contribution in [0.2, 0.25) is 0 Å². The van der Waals surface area contributed by atoms with E-state index in [-0.39, 0.29) is 30.1 Å². The summed E-state index contributed by atoms with van der Waals surface area (Å²) in [6.45, 7) is 5.23. The molecule has 2 aliphatic rings. The average molecular weight is 462 g/mol. The molecule has 7 heteroatoms. The Morgan fingerprint density at radius 1 is 1.21 bits per heavy atom. The molecular weight excluding hydrogens is 435 g/mol. The van der Waals surface area contributed by atoms with E-state index >= 15 is 0 Å². The number of rotatable bonds is 4. The lowest BCUT2D eigenvalue weighted by Gasteiger charge is -2.27. The molecule has 134 valence electrons. The van der Waals surface area contributed by atoms with Crippen LogP contribution in [0.15, 0.2) is 29.3 Å². The number of guanidine groups is 1. The molecule has 0 spiro atoms. The van der Waals surface area contributed by atoms with E-state index in [1.807, 2.05) is 11.8 Å². The minimum atomic E-state index is -0.173. The first-order valence-corrected chi connectivity index (χ1v) is 9.47. The van der Waals surface area contributed by atoms with Gasteiger partial charge in [-0.2, -0.15) is 11.8 Å². The molecule has 1 unspecified atom stereocenters. The van der Waals surface area contributed by atoms with Crippen LogP contribution in [-0.2, 0) is 13.1 Å². The number of aliphatic imine (C=N–C) groups is 1. The van der Waals surface area contributed by atoms with E-state index < -0.39 is 0 Å². The van der Waals surface area contributed by atoms with Gasteiger partial charge in [-0.1, -0.05) is 24.3 Å². The molecule has 0 aromatic heterocycles. The fourth-order valence-corrected chi connectivity index (χ4v) is 4.02. The Hall–Kier alpha value is -0.510. The Kier molecular flexibility index (Phi) is 8.12. The lowest BCUT2D eigenvalue weighted by atomic mass is 10.1. The van der Waals surface area contributed by atoms with Gasteiger partial charge >= 0.3 is 0 Å².